The van der Waals surface area contributed by atoms with Gasteiger partial charge in [-0.05, 0) is 13.1 Å². The molecule has 0 atom stereocenters. The molecule has 0 aromatic heterocycles. The summed E-state index contributed by atoms with van der Waals surface area (Å²) in [6.45, 7) is 4.07. The molecule has 0 amide bonds. The van der Waals surface area contributed by atoms with E-state index in [1.54, 1.807) is 7.11 Å². The van der Waals surface area contributed by atoms with Crippen LogP contribution < -0.4 is 10.5 Å². The lowest BCUT2D eigenvalue weighted by Gasteiger charge is -2.43. The molecule has 0 unspecified atom stereocenters. The smallest absolute Gasteiger partial charge is 0.123 e. The van der Waals surface area contributed by atoms with E-state index in [1.807, 2.05) is 18.2 Å². The van der Waals surface area contributed by atoms with Crippen LogP contribution in [0.5, 0.6) is 5.75 Å². The van der Waals surface area contributed by atoms with Crippen LogP contribution in [0.3, 0.4) is 0 Å². The number of methoxy groups -OCH3 is 1. The van der Waals surface area contributed by atoms with Gasteiger partial charge in [-0.15, -0.1) is 0 Å². The number of para-hydroxylation sites is 1. The van der Waals surface area contributed by atoms with Crippen LogP contribution in [0.2, 0.25) is 0 Å². The SMILES string of the molecule is COc1ccccc1CN(C)CC1(CN)COC1. The van der Waals surface area contributed by atoms with Crippen LogP contribution >= 0.6 is 0 Å². The first-order valence-corrected chi connectivity index (χ1v) is 6.27. The highest BCUT2D eigenvalue weighted by molar-refractivity contribution is 5.33. The summed E-state index contributed by atoms with van der Waals surface area (Å²) in [5.74, 6) is 0.941. The minimum absolute atomic E-state index is 0.150. The van der Waals surface area contributed by atoms with Crippen molar-refractivity contribution in [1.82, 2.24) is 4.90 Å². The molecular formula is C14H22N2O2. The van der Waals surface area contributed by atoms with Gasteiger partial charge in [0.05, 0.1) is 20.3 Å². The van der Waals surface area contributed by atoms with Gasteiger partial charge in [-0.3, -0.25) is 0 Å². The molecule has 1 fully saturated rings. The Labute approximate surface area is 109 Å². The number of rotatable bonds is 6. The molecule has 0 saturated carbocycles. The van der Waals surface area contributed by atoms with Crippen molar-refractivity contribution >= 4 is 0 Å². The summed E-state index contributed by atoms with van der Waals surface area (Å²) in [7, 11) is 3.82. The van der Waals surface area contributed by atoms with Crippen LogP contribution in [0.15, 0.2) is 24.3 Å². The quantitative estimate of drug-likeness (QED) is 0.821. The molecule has 1 aliphatic heterocycles. The maximum atomic E-state index is 5.84. The molecule has 1 aliphatic rings. The molecule has 0 spiro atoms. The molecule has 1 saturated heterocycles. The van der Waals surface area contributed by atoms with E-state index in [4.69, 9.17) is 15.2 Å². The molecule has 1 aromatic carbocycles. The topological polar surface area (TPSA) is 47.7 Å². The highest BCUT2D eigenvalue weighted by Gasteiger charge is 2.38. The Morgan fingerprint density at radius 1 is 1.39 bits per heavy atom. The Balaban J connectivity index is 1.96. The monoisotopic (exact) mass is 250 g/mol. The third kappa shape index (κ3) is 2.83. The van der Waals surface area contributed by atoms with E-state index in [2.05, 4.69) is 18.0 Å². The van der Waals surface area contributed by atoms with Crippen molar-refractivity contribution in [2.24, 2.45) is 11.1 Å². The van der Waals surface area contributed by atoms with Crippen LogP contribution in [0.4, 0.5) is 0 Å². The van der Waals surface area contributed by atoms with E-state index in [9.17, 15) is 0 Å². The van der Waals surface area contributed by atoms with Gasteiger partial charge >= 0.3 is 0 Å². The highest BCUT2D eigenvalue weighted by Crippen LogP contribution is 2.28. The Bertz CT molecular complexity index is 386. The fourth-order valence-electron chi connectivity index (χ4n) is 2.42. The lowest BCUT2D eigenvalue weighted by atomic mass is 9.85. The fraction of sp³-hybridized carbons (Fsp3) is 0.571. The van der Waals surface area contributed by atoms with Gasteiger partial charge in [-0.25, -0.2) is 0 Å². The van der Waals surface area contributed by atoms with Crippen LogP contribution in [0.25, 0.3) is 0 Å². The third-order valence-electron chi connectivity index (χ3n) is 3.49. The Kier molecular flexibility index (Phi) is 4.22. The largest absolute Gasteiger partial charge is 0.496 e. The molecule has 0 aliphatic carbocycles. The maximum absolute atomic E-state index is 5.84. The number of hydrogen-bond donors (Lipinski definition) is 1. The lowest BCUT2D eigenvalue weighted by molar-refractivity contribution is -0.118. The molecule has 0 radical (unpaired) electrons. The molecular weight excluding hydrogens is 228 g/mol. The van der Waals surface area contributed by atoms with Gasteiger partial charge in [-0.1, -0.05) is 18.2 Å². The van der Waals surface area contributed by atoms with Crippen molar-refractivity contribution in [1.29, 1.82) is 0 Å². The Morgan fingerprint density at radius 3 is 2.67 bits per heavy atom. The minimum atomic E-state index is 0.150. The zero-order chi connectivity index (χ0) is 13.0. The van der Waals surface area contributed by atoms with E-state index in [-0.39, 0.29) is 5.41 Å². The molecule has 18 heavy (non-hydrogen) atoms. The van der Waals surface area contributed by atoms with Gasteiger partial charge in [0, 0.05) is 30.6 Å². The summed E-state index contributed by atoms with van der Waals surface area (Å²) in [5.41, 5.74) is 7.19. The first-order chi connectivity index (χ1) is 8.69. The summed E-state index contributed by atoms with van der Waals surface area (Å²) in [6.07, 6.45) is 0. The average Bonchev–Trinajstić information content (AvgIpc) is 2.34. The summed E-state index contributed by atoms with van der Waals surface area (Å²) >= 11 is 0. The first-order valence-electron chi connectivity index (χ1n) is 6.27. The maximum Gasteiger partial charge on any atom is 0.123 e. The highest BCUT2D eigenvalue weighted by atomic mass is 16.5. The van der Waals surface area contributed by atoms with Crippen molar-refractivity contribution in [3.8, 4) is 5.75 Å². The second-order valence-corrected chi connectivity index (χ2v) is 5.18. The Morgan fingerprint density at radius 2 is 2.11 bits per heavy atom. The standard InChI is InChI=1S/C14H22N2O2/c1-16(9-14(8-15)10-18-11-14)7-12-5-3-4-6-13(12)17-2/h3-6H,7-11,15H2,1-2H3. The molecule has 1 aromatic rings. The number of ether oxygens (including phenoxy) is 2. The van der Waals surface area contributed by atoms with Gasteiger partial charge in [-0.2, -0.15) is 0 Å². The van der Waals surface area contributed by atoms with Crippen molar-refractivity contribution < 1.29 is 9.47 Å². The van der Waals surface area contributed by atoms with E-state index in [0.29, 0.717) is 6.54 Å². The van der Waals surface area contributed by atoms with Crippen molar-refractivity contribution in [3.05, 3.63) is 29.8 Å². The van der Waals surface area contributed by atoms with Gasteiger partial charge < -0.3 is 20.1 Å². The zero-order valence-electron chi connectivity index (χ0n) is 11.2. The van der Waals surface area contributed by atoms with E-state index in [0.717, 1.165) is 32.1 Å². The number of nitrogens with two attached hydrogens (primary N) is 1. The summed E-state index contributed by atoms with van der Waals surface area (Å²) in [5, 5.41) is 0. The zero-order valence-corrected chi connectivity index (χ0v) is 11.2. The van der Waals surface area contributed by atoms with E-state index in [1.165, 1.54) is 5.56 Å². The van der Waals surface area contributed by atoms with Crippen LogP contribution in [0, 0.1) is 5.41 Å². The number of benzene rings is 1. The first kappa shape index (κ1) is 13.3. The Hall–Kier alpha value is -1.10. The van der Waals surface area contributed by atoms with Crippen molar-refractivity contribution in [2.45, 2.75) is 6.54 Å². The van der Waals surface area contributed by atoms with Crippen LogP contribution in [0.1, 0.15) is 5.56 Å². The van der Waals surface area contributed by atoms with Crippen molar-refractivity contribution in [2.75, 3.05) is 40.5 Å². The molecule has 0 bridgehead atoms. The predicted molar refractivity (Wildman–Crippen MR) is 71.6 cm³/mol. The molecule has 1 heterocycles. The molecule has 4 nitrogen and oxygen atoms in total. The van der Waals surface area contributed by atoms with Crippen LogP contribution in [-0.4, -0.2) is 45.4 Å². The lowest BCUT2D eigenvalue weighted by Crippen LogP contribution is -2.54. The van der Waals surface area contributed by atoms with Gasteiger partial charge in [0.25, 0.3) is 0 Å². The molecule has 4 heteroatoms. The van der Waals surface area contributed by atoms with Gasteiger partial charge in [0.1, 0.15) is 5.75 Å². The minimum Gasteiger partial charge on any atom is -0.496 e. The predicted octanol–water partition coefficient (Wildman–Crippen LogP) is 1.10. The summed E-state index contributed by atoms with van der Waals surface area (Å²) < 4.78 is 10.7. The second kappa shape index (κ2) is 5.69. The van der Waals surface area contributed by atoms with E-state index < -0.39 is 0 Å². The van der Waals surface area contributed by atoms with E-state index >= 15 is 0 Å². The van der Waals surface area contributed by atoms with Crippen molar-refractivity contribution in [3.63, 3.8) is 0 Å². The summed E-state index contributed by atoms with van der Waals surface area (Å²) in [4.78, 5) is 2.28. The fourth-order valence-corrected chi connectivity index (χ4v) is 2.42. The molecule has 100 valence electrons. The van der Waals surface area contributed by atoms with Gasteiger partial charge in [0.2, 0.25) is 0 Å². The second-order valence-electron chi connectivity index (χ2n) is 5.18. The molecule has 2 N–H and O–H groups in total. The summed E-state index contributed by atoms with van der Waals surface area (Å²) in [6, 6.07) is 8.12. The molecule has 2 rings (SSSR count). The average molecular weight is 250 g/mol. The number of hydrogen-bond acceptors (Lipinski definition) is 4. The van der Waals surface area contributed by atoms with Crippen LogP contribution in [-0.2, 0) is 11.3 Å². The van der Waals surface area contributed by atoms with Gasteiger partial charge in [0.15, 0.2) is 0 Å². The third-order valence-corrected chi connectivity index (χ3v) is 3.49. The number of nitrogens with zero attached hydrogens (tertiary/aromatic N) is 1. The normalized spacial score (nSPS) is 17.6.